The molecule has 0 radical (unpaired) electrons. The standard InChI is InChI=1S/C62H31N5O3/c1-64-47-26-34(33-63)60(65-48-20-8-2-14-35(48)41-30-57-44(27-51(41)65)38-17-5-11-23-54(38)68-57)62(67-50-22-10-4-16-37(50)43-32-59-46(29-53(43)67)40-19-7-13-25-56(40)70-59)61(47)66-49-21-9-3-15-36(49)42-31-58-45(28-52(42)66)39-18-6-12-24-55(39)69-58/h2-32H. The molecular weight excluding hydrogens is 863 g/mol. The Hall–Kier alpha value is -10.0. The van der Waals surface area contributed by atoms with Gasteiger partial charge in [0.25, 0.3) is 0 Å². The first-order valence-electron chi connectivity index (χ1n) is 23.2. The summed E-state index contributed by atoms with van der Waals surface area (Å²) in [6.07, 6.45) is 0. The van der Waals surface area contributed by atoms with Crippen LogP contribution in [-0.2, 0) is 0 Å². The van der Waals surface area contributed by atoms with Gasteiger partial charge in [-0.05, 0) is 78.9 Å². The van der Waals surface area contributed by atoms with Crippen LogP contribution in [0.1, 0.15) is 5.56 Å². The van der Waals surface area contributed by atoms with E-state index >= 15 is 0 Å². The van der Waals surface area contributed by atoms with Gasteiger partial charge < -0.3 is 27.0 Å². The molecule has 10 aromatic carbocycles. The highest BCUT2D eigenvalue weighted by Crippen LogP contribution is 2.49. The minimum atomic E-state index is 0.333. The number of para-hydroxylation sites is 6. The Balaban J connectivity index is 1.17. The monoisotopic (exact) mass is 893 g/mol. The summed E-state index contributed by atoms with van der Waals surface area (Å²) in [6, 6.07) is 67.0. The number of furan rings is 3. The molecule has 8 heteroatoms. The molecule has 0 saturated heterocycles. The summed E-state index contributed by atoms with van der Waals surface area (Å²) in [6.45, 7) is 9.12. The predicted octanol–water partition coefficient (Wildman–Crippen LogP) is 17.1. The molecule has 0 aliphatic rings. The van der Waals surface area contributed by atoms with Gasteiger partial charge in [0, 0.05) is 64.6 Å². The molecule has 16 rings (SSSR count). The minimum Gasteiger partial charge on any atom is -0.456 e. The SMILES string of the molecule is [C-]#[N+]c1cc(C#N)c(-n2c3ccccc3c3cc4oc5ccccc5c4cc32)c(-n2c3ccccc3c3cc4oc5ccccc5c4cc32)c1-n1c2ccccc2c2cc3oc4ccccc4c3cc21. The average Bonchev–Trinajstić information content (AvgIpc) is 4.25. The Morgan fingerprint density at radius 2 is 0.671 bits per heavy atom. The Kier molecular flexibility index (Phi) is 7.06. The minimum absolute atomic E-state index is 0.333. The molecule has 0 spiro atoms. The fraction of sp³-hybridized carbons (Fsp3) is 0. The van der Waals surface area contributed by atoms with E-state index in [1.807, 2.05) is 66.7 Å². The topological polar surface area (TPSA) is 82.4 Å². The Bertz CT molecular complexity index is 4890. The lowest BCUT2D eigenvalue weighted by Gasteiger charge is -2.24. The number of hydrogen-bond donors (Lipinski definition) is 0. The second-order valence-corrected chi connectivity index (χ2v) is 18.2. The smallest absolute Gasteiger partial charge is 0.214 e. The van der Waals surface area contributed by atoms with Crippen molar-refractivity contribution in [3.05, 3.63) is 205 Å². The summed E-state index contributed by atoms with van der Waals surface area (Å²) >= 11 is 0. The maximum absolute atomic E-state index is 11.7. The van der Waals surface area contributed by atoms with Gasteiger partial charge in [0.05, 0.1) is 62.3 Å². The zero-order valence-corrected chi connectivity index (χ0v) is 36.9. The molecule has 0 amide bonds. The molecule has 6 aromatic heterocycles. The Morgan fingerprint density at radius 3 is 1.06 bits per heavy atom. The molecule has 70 heavy (non-hydrogen) atoms. The van der Waals surface area contributed by atoms with Crippen LogP contribution in [0.15, 0.2) is 201 Å². The summed E-state index contributed by atoms with van der Waals surface area (Å²) in [4.78, 5) is 4.39. The molecule has 0 N–H and O–H groups in total. The fourth-order valence-corrected chi connectivity index (χ4v) is 11.7. The van der Waals surface area contributed by atoms with E-state index in [-0.39, 0.29) is 0 Å². The van der Waals surface area contributed by atoms with Gasteiger partial charge in [0.15, 0.2) is 0 Å². The van der Waals surface area contributed by atoms with Gasteiger partial charge in [0.1, 0.15) is 39.6 Å². The van der Waals surface area contributed by atoms with Crippen molar-refractivity contribution in [2.75, 3.05) is 0 Å². The fourth-order valence-electron chi connectivity index (χ4n) is 11.7. The van der Waals surface area contributed by atoms with Crippen molar-refractivity contribution < 1.29 is 13.3 Å². The highest BCUT2D eigenvalue weighted by Gasteiger charge is 2.31. The van der Waals surface area contributed by atoms with Crippen molar-refractivity contribution in [1.82, 2.24) is 13.7 Å². The summed E-state index contributed by atoms with van der Waals surface area (Å²) in [5, 5.41) is 23.6. The number of hydrogen-bond acceptors (Lipinski definition) is 4. The van der Waals surface area contributed by atoms with E-state index in [4.69, 9.17) is 19.8 Å². The Labute approximate surface area is 395 Å². The molecule has 0 aliphatic carbocycles. The van der Waals surface area contributed by atoms with Gasteiger partial charge in [-0.15, -0.1) is 0 Å². The molecule has 8 nitrogen and oxygen atoms in total. The normalized spacial score (nSPS) is 12.3. The van der Waals surface area contributed by atoms with Crippen LogP contribution in [0.3, 0.4) is 0 Å². The van der Waals surface area contributed by atoms with Crippen LogP contribution >= 0.6 is 0 Å². The Morgan fingerprint density at radius 1 is 0.329 bits per heavy atom. The van der Waals surface area contributed by atoms with E-state index in [9.17, 15) is 5.26 Å². The summed E-state index contributed by atoms with van der Waals surface area (Å²) in [5.41, 5.74) is 12.8. The van der Waals surface area contributed by atoms with Crippen molar-refractivity contribution in [3.8, 4) is 23.1 Å². The molecule has 0 aliphatic heterocycles. The molecular formula is C62H31N5O3. The number of benzene rings is 10. The van der Waals surface area contributed by atoms with Crippen LogP contribution in [0.4, 0.5) is 5.69 Å². The van der Waals surface area contributed by atoms with E-state index in [0.717, 1.165) is 131 Å². The molecule has 0 bridgehead atoms. The number of aromatic nitrogens is 3. The average molecular weight is 894 g/mol. The van der Waals surface area contributed by atoms with Gasteiger partial charge in [-0.1, -0.05) is 109 Å². The molecule has 0 unspecified atom stereocenters. The quantitative estimate of drug-likeness (QED) is 0.165. The van der Waals surface area contributed by atoms with Crippen LogP contribution in [0, 0.1) is 17.9 Å². The van der Waals surface area contributed by atoms with Crippen molar-refractivity contribution in [3.63, 3.8) is 0 Å². The molecule has 0 atom stereocenters. The van der Waals surface area contributed by atoms with E-state index in [0.29, 0.717) is 28.3 Å². The van der Waals surface area contributed by atoms with Crippen LogP contribution in [-0.4, -0.2) is 13.7 Å². The second kappa shape index (κ2) is 13.3. The maximum atomic E-state index is 11.7. The van der Waals surface area contributed by atoms with Gasteiger partial charge >= 0.3 is 0 Å². The first kappa shape index (κ1) is 37.1. The molecule has 322 valence electrons. The molecule has 0 saturated carbocycles. The highest BCUT2D eigenvalue weighted by molar-refractivity contribution is 6.21. The van der Waals surface area contributed by atoms with Gasteiger partial charge in [0.2, 0.25) is 5.69 Å². The third kappa shape index (κ3) is 4.71. The zero-order chi connectivity index (χ0) is 45.9. The lowest BCUT2D eigenvalue weighted by atomic mass is 10.0. The van der Waals surface area contributed by atoms with Crippen molar-refractivity contribution in [2.24, 2.45) is 0 Å². The van der Waals surface area contributed by atoms with E-state index in [1.54, 1.807) is 6.07 Å². The molecule has 6 heterocycles. The molecule has 16 aromatic rings. The van der Waals surface area contributed by atoms with Crippen molar-refractivity contribution in [2.45, 2.75) is 0 Å². The second-order valence-electron chi connectivity index (χ2n) is 18.2. The highest BCUT2D eigenvalue weighted by atomic mass is 16.3. The van der Waals surface area contributed by atoms with Gasteiger partial charge in [-0.2, -0.15) is 5.26 Å². The van der Waals surface area contributed by atoms with Crippen LogP contribution in [0.5, 0.6) is 0 Å². The van der Waals surface area contributed by atoms with E-state index < -0.39 is 0 Å². The van der Waals surface area contributed by atoms with E-state index in [2.05, 4.69) is 140 Å². The largest absolute Gasteiger partial charge is 0.456 e. The van der Waals surface area contributed by atoms with Gasteiger partial charge in [-0.3, -0.25) is 0 Å². The van der Waals surface area contributed by atoms with Crippen LogP contribution < -0.4 is 0 Å². The predicted molar refractivity (Wildman–Crippen MR) is 282 cm³/mol. The first-order valence-corrected chi connectivity index (χ1v) is 23.2. The number of fused-ring (bicyclic) bond motifs is 18. The lowest BCUT2D eigenvalue weighted by Crippen LogP contribution is -2.11. The van der Waals surface area contributed by atoms with Gasteiger partial charge in [-0.25, -0.2) is 4.85 Å². The summed E-state index contributed by atoms with van der Waals surface area (Å²) in [5.74, 6) is 0. The number of rotatable bonds is 3. The summed E-state index contributed by atoms with van der Waals surface area (Å²) in [7, 11) is 0. The number of nitrogens with zero attached hydrogens (tertiary/aromatic N) is 5. The number of nitriles is 1. The van der Waals surface area contributed by atoms with Crippen molar-refractivity contribution >= 4 is 137 Å². The lowest BCUT2D eigenvalue weighted by molar-refractivity contribution is 0.669. The first-order chi connectivity index (χ1) is 34.6. The molecule has 0 fully saturated rings. The third-order valence-electron chi connectivity index (χ3n) is 14.7. The van der Waals surface area contributed by atoms with E-state index in [1.165, 1.54) is 0 Å². The van der Waals surface area contributed by atoms with Crippen LogP contribution in [0.2, 0.25) is 0 Å². The summed E-state index contributed by atoms with van der Waals surface area (Å²) < 4.78 is 26.4. The maximum Gasteiger partial charge on any atom is 0.214 e. The zero-order valence-electron chi connectivity index (χ0n) is 36.9. The third-order valence-corrected chi connectivity index (χ3v) is 14.7. The van der Waals surface area contributed by atoms with Crippen LogP contribution in [0.25, 0.3) is 153 Å². The van der Waals surface area contributed by atoms with Crippen molar-refractivity contribution in [1.29, 1.82) is 5.26 Å².